The van der Waals surface area contributed by atoms with E-state index in [9.17, 15) is 14.4 Å². The van der Waals surface area contributed by atoms with Crippen LogP contribution >= 0.6 is 0 Å². The number of carbonyl (C=O) groups is 3. The fourth-order valence-corrected chi connectivity index (χ4v) is 7.42. The number of hydrogen-bond acceptors (Lipinski definition) is 6. The Morgan fingerprint density at radius 2 is 0.536 bits per heavy atom. The molecule has 392 valence electrons. The highest BCUT2D eigenvalue weighted by atomic mass is 16.6. The molecule has 0 rings (SSSR count). The van der Waals surface area contributed by atoms with Crippen molar-refractivity contribution in [3.63, 3.8) is 0 Å². The van der Waals surface area contributed by atoms with Gasteiger partial charge >= 0.3 is 17.9 Å². The Morgan fingerprint density at radius 3 is 0.899 bits per heavy atom. The molecular formula is C63H104O6. The lowest BCUT2D eigenvalue weighted by molar-refractivity contribution is -0.167. The minimum Gasteiger partial charge on any atom is -0.462 e. The maximum absolute atomic E-state index is 12.8. The largest absolute Gasteiger partial charge is 0.462 e. The summed E-state index contributed by atoms with van der Waals surface area (Å²) in [5.74, 6) is -1.04. The first-order valence-electron chi connectivity index (χ1n) is 28.4. The Labute approximate surface area is 425 Å². The molecule has 6 heteroatoms. The zero-order valence-corrected chi connectivity index (χ0v) is 44.8. The first-order valence-corrected chi connectivity index (χ1v) is 28.4. The molecule has 0 aliphatic heterocycles. The van der Waals surface area contributed by atoms with Crippen molar-refractivity contribution in [2.24, 2.45) is 0 Å². The molecule has 0 N–H and O–H groups in total. The molecule has 0 atom stereocenters. The molecule has 0 aromatic heterocycles. The highest BCUT2D eigenvalue weighted by Gasteiger charge is 2.19. The second-order valence-corrected chi connectivity index (χ2v) is 18.5. The lowest BCUT2D eigenvalue weighted by Gasteiger charge is -2.18. The smallest absolute Gasteiger partial charge is 0.306 e. The fourth-order valence-electron chi connectivity index (χ4n) is 7.42. The van der Waals surface area contributed by atoms with Crippen LogP contribution in [0.5, 0.6) is 0 Å². The van der Waals surface area contributed by atoms with Gasteiger partial charge < -0.3 is 14.2 Å². The van der Waals surface area contributed by atoms with Crippen molar-refractivity contribution in [2.45, 2.75) is 258 Å². The summed E-state index contributed by atoms with van der Waals surface area (Å²) in [6.45, 7) is 6.48. The number of carbonyl (C=O) groups excluding carboxylic acids is 3. The van der Waals surface area contributed by atoms with Gasteiger partial charge in [0.25, 0.3) is 0 Å². The van der Waals surface area contributed by atoms with Gasteiger partial charge in [0, 0.05) is 19.3 Å². The van der Waals surface area contributed by atoms with E-state index in [0.717, 1.165) is 70.6 Å². The number of hydrogen-bond donors (Lipinski definition) is 0. The van der Waals surface area contributed by atoms with E-state index >= 15 is 0 Å². The summed E-state index contributed by atoms with van der Waals surface area (Å²) in [6.07, 6.45) is 76.5. The maximum atomic E-state index is 12.8. The first-order chi connectivity index (χ1) is 34.0. The highest BCUT2D eigenvalue weighted by molar-refractivity contribution is 5.71. The SMILES string of the molecule is CCCCC/C=C\C/C=C\C/C=C\C/C=C\CCCC(=O)OCC(COC(=O)CCC/C=C\C/C=C\C/C=C\C/C=C\CCCCC)OC(=O)CCCCCCCCC/C=C\CCCCCCCC. The lowest BCUT2D eigenvalue weighted by atomic mass is 10.1. The Morgan fingerprint density at radius 1 is 0.290 bits per heavy atom. The van der Waals surface area contributed by atoms with Crippen LogP contribution in [0.1, 0.15) is 252 Å². The van der Waals surface area contributed by atoms with Gasteiger partial charge in [0.15, 0.2) is 6.10 Å². The van der Waals surface area contributed by atoms with E-state index in [0.29, 0.717) is 19.3 Å². The topological polar surface area (TPSA) is 78.9 Å². The predicted molar refractivity (Wildman–Crippen MR) is 297 cm³/mol. The molecule has 0 aliphatic rings. The van der Waals surface area contributed by atoms with E-state index in [1.807, 2.05) is 0 Å². The monoisotopic (exact) mass is 957 g/mol. The number of esters is 3. The van der Waals surface area contributed by atoms with Crippen molar-refractivity contribution in [2.75, 3.05) is 13.2 Å². The van der Waals surface area contributed by atoms with Gasteiger partial charge in [-0.25, -0.2) is 0 Å². The minimum atomic E-state index is -0.827. The fraction of sp³-hybridized carbons (Fsp3) is 0.667. The molecule has 69 heavy (non-hydrogen) atoms. The number of unbranched alkanes of at least 4 members (excludes halogenated alkanes) is 21. The summed E-state index contributed by atoms with van der Waals surface area (Å²) in [6, 6.07) is 0. The van der Waals surface area contributed by atoms with Gasteiger partial charge in [-0.2, -0.15) is 0 Å². The summed E-state index contributed by atoms with van der Waals surface area (Å²) in [5.41, 5.74) is 0. The van der Waals surface area contributed by atoms with Gasteiger partial charge in [0.05, 0.1) is 0 Å². The maximum Gasteiger partial charge on any atom is 0.306 e. The number of rotatable bonds is 50. The van der Waals surface area contributed by atoms with Crippen LogP contribution in [0.2, 0.25) is 0 Å². The van der Waals surface area contributed by atoms with Crippen LogP contribution in [0.25, 0.3) is 0 Å². The highest BCUT2D eigenvalue weighted by Crippen LogP contribution is 2.13. The third-order valence-electron chi connectivity index (χ3n) is 11.7. The van der Waals surface area contributed by atoms with Crippen molar-refractivity contribution in [3.8, 4) is 0 Å². The Bertz CT molecular complexity index is 1350. The van der Waals surface area contributed by atoms with Crippen LogP contribution in [0.15, 0.2) is 109 Å². The molecule has 6 nitrogen and oxygen atoms in total. The van der Waals surface area contributed by atoms with E-state index < -0.39 is 6.10 Å². The van der Waals surface area contributed by atoms with Crippen LogP contribution in [0.4, 0.5) is 0 Å². The summed E-state index contributed by atoms with van der Waals surface area (Å²) < 4.78 is 16.8. The Hall–Kier alpha value is -3.93. The molecule has 0 aliphatic carbocycles. The summed E-state index contributed by atoms with van der Waals surface area (Å²) >= 11 is 0. The molecule has 0 saturated heterocycles. The molecule has 0 fully saturated rings. The molecule has 0 aromatic rings. The Balaban J connectivity index is 4.57. The first kappa shape index (κ1) is 65.1. The predicted octanol–water partition coefficient (Wildman–Crippen LogP) is 19.1. The van der Waals surface area contributed by atoms with Crippen molar-refractivity contribution in [1.82, 2.24) is 0 Å². The quantitative estimate of drug-likeness (QED) is 0.0262. The van der Waals surface area contributed by atoms with Gasteiger partial charge in [-0.15, -0.1) is 0 Å². The van der Waals surface area contributed by atoms with Gasteiger partial charge in [0.2, 0.25) is 0 Å². The van der Waals surface area contributed by atoms with Crippen molar-refractivity contribution in [1.29, 1.82) is 0 Å². The van der Waals surface area contributed by atoms with Crippen LogP contribution in [-0.4, -0.2) is 37.2 Å². The van der Waals surface area contributed by atoms with E-state index in [2.05, 4.69) is 130 Å². The van der Waals surface area contributed by atoms with Gasteiger partial charge in [-0.3, -0.25) is 14.4 Å². The van der Waals surface area contributed by atoms with Crippen LogP contribution in [0, 0.1) is 0 Å². The Kier molecular flexibility index (Phi) is 53.4. The number of ether oxygens (including phenoxy) is 3. The molecule has 0 aromatic carbocycles. The minimum absolute atomic E-state index is 0.126. The van der Waals surface area contributed by atoms with Gasteiger partial charge in [0.1, 0.15) is 13.2 Å². The van der Waals surface area contributed by atoms with Crippen LogP contribution < -0.4 is 0 Å². The summed E-state index contributed by atoms with van der Waals surface area (Å²) in [4.78, 5) is 38.1. The second kappa shape index (κ2) is 56.7. The zero-order valence-electron chi connectivity index (χ0n) is 44.8. The molecule has 0 spiro atoms. The molecule has 0 saturated carbocycles. The van der Waals surface area contributed by atoms with E-state index in [1.165, 1.54) is 128 Å². The molecule has 0 radical (unpaired) electrons. The zero-order chi connectivity index (χ0) is 50.0. The third kappa shape index (κ3) is 54.9. The van der Waals surface area contributed by atoms with Crippen molar-refractivity contribution < 1.29 is 28.6 Å². The molecule has 0 unspecified atom stereocenters. The summed E-state index contributed by atoms with van der Waals surface area (Å²) in [7, 11) is 0. The molecule has 0 heterocycles. The molecular weight excluding hydrogens is 853 g/mol. The molecule has 0 amide bonds. The van der Waals surface area contributed by atoms with E-state index in [4.69, 9.17) is 14.2 Å². The van der Waals surface area contributed by atoms with Gasteiger partial charge in [-0.1, -0.05) is 220 Å². The average molecular weight is 958 g/mol. The third-order valence-corrected chi connectivity index (χ3v) is 11.7. The van der Waals surface area contributed by atoms with Crippen LogP contribution in [-0.2, 0) is 28.6 Å². The second-order valence-electron chi connectivity index (χ2n) is 18.5. The normalized spacial score (nSPS) is 12.5. The molecule has 0 bridgehead atoms. The van der Waals surface area contributed by atoms with E-state index in [1.54, 1.807) is 0 Å². The standard InChI is InChI=1S/C63H104O6/c1-4-7-10-13-16-19-22-25-28-31-34-37-40-43-46-49-52-55-61(64)67-58-60(69-63(66)57-54-51-48-45-42-39-36-33-30-27-24-21-18-15-12-9-6-3)59-68-62(65)56-53-50-47-44-41-38-35-32-29-26-23-20-17-14-11-8-5-2/h16-17,19-20,25-30,34-35,37-38,43-44,46-47,60H,4-15,18,21-24,31-33,36,39-42,45,48-59H2,1-3H3/b19-16-,20-17-,28-25-,29-26-,30-27-,37-34-,38-35-,46-43-,47-44-. The van der Waals surface area contributed by atoms with Crippen molar-refractivity contribution >= 4 is 17.9 Å². The lowest BCUT2D eigenvalue weighted by Crippen LogP contribution is -2.30. The average Bonchev–Trinajstić information content (AvgIpc) is 3.35. The number of allylic oxidation sites excluding steroid dienone is 18. The van der Waals surface area contributed by atoms with E-state index in [-0.39, 0.29) is 44.0 Å². The summed E-state index contributed by atoms with van der Waals surface area (Å²) in [5, 5.41) is 0. The van der Waals surface area contributed by atoms with Gasteiger partial charge in [-0.05, 0) is 122 Å². The van der Waals surface area contributed by atoms with Crippen molar-refractivity contribution in [3.05, 3.63) is 109 Å². The van der Waals surface area contributed by atoms with Crippen LogP contribution in [0.3, 0.4) is 0 Å².